The molecular weight excluding hydrogens is 278 g/mol. The summed E-state index contributed by atoms with van der Waals surface area (Å²) in [6.45, 7) is -0.412. The van der Waals surface area contributed by atoms with Crippen LogP contribution in [0.4, 0.5) is 0 Å². The lowest BCUT2D eigenvalue weighted by Crippen LogP contribution is -2.15. The third-order valence-electron chi connectivity index (χ3n) is 2.23. The molecule has 0 saturated carbocycles. The van der Waals surface area contributed by atoms with E-state index in [0.29, 0.717) is 0 Å². The summed E-state index contributed by atoms with van der Waals surface area (Å²) in [6, 6.07) is 4.97. The Morgan fingerprint density at radius 3 is 2.67 bits per heavy atom. The monoisotopic (exact) mass is 290 g/mol. The summed E-state index contributed by atoms with van der Waals surface area (Å²) in [4.78, 5) is 11.6. The minimum absolute atomic E-state index is 0.186. The molecule has 1 rings (SSSR count). The van der Waals surface area contributed by atoms with Crippen LogP contribution in [-0.4, -0.2) is 39.1 Å². The number of hydrogen-bond donors (Lipinski definition) is 1. The summed E-state index contributed by atoms with van der Waals surface area (Å²) < 4.78 is 34.1. The second-order valence-corrected chi connectivity index (χ2v) is 5.57. The molecule has 0 aliphatic carbocycles. The van der Waals surface area contributed by atoms with E-state index in [1.807, 2.05) is 7.85 Å². The summed E-state index contributed by atoms with van der Waals surface area (Å²) in [5.74, 6) is -1.34. The maximum atomic E-state index is 11.6. The lowest BCUT2D eigenvalue weighted by atomic mass is 9.96. The zero-order valence-corrected chi connectivity index (χ0v) is 11.3. The molecule has 0 aliphatic rings. The van der Waals surface area contributed by atoms with Crippen LogP contribution in [0.2, 0.25) is 5.02 Å². The molecule has 0 radical (unpaired) electrons. The molecule has 0 atom stereocenters. The van der Waals surface area contributed by atoms with E-state index in [9.17, 15) is 13.2 Å². The zero-order valence-electron chi connectivity index (χ0n) is 9.72. The first-order valence-corrected chi connectivity index (χ1v) is 7.23. The minimum Gasteiger partial charge on any atom is -0.461 e. The van der Waals surface area contributed by atoms with Gasteiger partial charge in [-0.25, -0.2) is 4.79 Å². The van der Waals surface area contributed by atoms with E-state index >= 15 is 0 Å². The summed E-state index contributed by atoms with van der Waals surface area (Å²) in [6.07, 6.45) is 0.739. The molecule has 0 spiro atoms. The van der Waals surface area contributed by atoms with Crippen LogP contribution in [0, 0.1) is 0 Å². The molecule has 0 saturated heterocycles. The number of carbonyl (C=O) groups is 1. The third-order valence-corrected chi connectivity index (χ3v) is 3.25. The SMILES string of the molecule is BCc1ccc(Cl)c(C(=O)OCCS(=O)(=O)O)c1. The van der Waals surface area contributed by atoms with Crippen molar-refractivity contribution >= 4 is 35.5 Å². The van der Waals surface area contributed by atoms with Gasteiger partial charge in [-0.05, 0) is 12.1 Å². The Kier molecular flexibility index (Phi) is 5.19. The molecule has 18 heavy (non-hydrogen) atoms. The summed E-state index contributed by atoms with van der Waals surface area (Å²) in [7, 11) is -2.21. The Morgan fingerprint density at radius 2 is 2.11 bits per heavy atom. The van der Waals surface area contributed by atoms with Crippen molar-refractivity contribution in [1.82, 2.24) is 0 Å². The van der Waals surface area contributed by atoms with Crippen molar-refractivity contribution in [3.05, 3.63) is 34.3 Å². The Bertz CT molecular complexity index is 543. The Labute approximate surface area is 111 Å². The van der Waals surface area contributed by atoms with E-state index in [4.69, 9.17) is 20.9 Å². The molecule has 0 fully saturated rings. The van der Waals surface area contributed by atoms with Gasteiger partial charge in [-0.2, -0.15) is 8.42 Å². The number of rotatable bonds is 5. The number of halogens is 1. The molecule has 98 valence electrons. The van der Waals surface area contributed by atoms with Crippen molar-refractivity contribution in [1.29, 1.82) is 0 Å². The van der Waals surface area contributed by atoms with Crippen LogP contribution >= 0.6 is 11.6 Å². The highest BCUT2D eigenvalue weighted by atomic mass is 35.5. The average Bonchev–Trinajstić information content (AvgIpc) is 2.27. The zero-order chi connectivity index (χ0) is 13.8. The van der Waals surface area contributed by atoms with Crippen molar-refractivity contribution in [2.45, 2.75) is 6.32 Å². The van der Waals surface area contributed by atoms with Gasteiger partial charge in [-0.15, -0.1) is 0 Å². The number of carbonyl (C=O) groups excluding carboxylic acids is 1. The average molecular weight is 291 g/mol. The predicted octanol–water partition coefficient (Wildman–Crippen LogP) is 0.518. The Morgan fingerprint density at radius 1 is 1.44 bits per heavy atom. The van der Waals surface area contributed by atoms with Crippen LogP contribution in [-0.2, 0) is 21.2 Å². The smallest absolute Gasteiger partial charge is 0.339 e. The van der Waals surface area contributed by atoms with E-state index in [1.165, 1.54) is 0 Å². The number of benzene rings is 1. The fourth-order valence-electron chi connectivity index (χ4n) is 1.27. The second kappa shape index (κ2) is 6.22. The highest BCUT2D eigenvalue weighted by Crippen LogP contribution is 2.18. The minimum atomic E-state index is -4.14. The van der Waals surface area contributed by atoms with Crippen LogP contribution in [0.25, 0.3) is 0 Å². The van der Waals surface area contributed by atoms with Gasteiger partial charge in [0.25, 0.3) is 10.1 Å². The molecule has 0 amide bonds. The number of esters is 1. The Balaban J connectivity index is 2.72. The molecule has 0 heterocycles. The molecule has 8 heteroatoms. The fourth-order valence-corrected chi connectivity index (χ4v) is 1.75. The first kappa shape index (κ1) is 15.0. The maximum Gasteiger partial charge on any atom is 0.339 e. The normalized spacial score (nSPS) is 11.2. The van der Waals surface area contributed by atoms with E-state index < -0.39 is 28.4 Å². The van der Waals surface area contributed by atoms with Crippen molar-refractivity contribution < 1.29 is 22.5 Å². The quantitative estimate of drug-likeness (QED) is 0.486. The summed E-state index contributed by atoms with van der Waals surface area (Å²) in [5.41, 5.74) is 1.10. The molecule has 0 aliphatic heterocycles. The van der Waals surface area contributed by atoms with Crippen molar-refractivity contribution in [3.63, 3.8) is 0 Å². The topological polar surface area (TPSA) is 80.7 Å². The molecule has 0 aromatic heterocycles. The molecule has 5 nitrogen and oxygen atoms in total. The molecule has 0 unspecified atom stereocenters. The van der Waals surface area contributed by atoms with Crippen LogP contribution in [0.1, 0.15) is 15.9 Å². The van der Waals surface area contributed by atoms with Gasteiger partial charge in [-0.1, -0.05) is 29.6 Å². The first-order chi connectivity index (χ1) is 8.33. The number of ether oxygens (including phenoxy) is 1. The van der Waals surface area contributed by atoms with Gasteiger partial charge in [0.15, 0.2) is 0 Å². The van der Waals surface area contributed by atoms with Gasteiger partial charge in [0.2, 0.25) is 0 Å². The molecular formula is C10H12BClO5S. The van der Waals surface area contributed by atoms with Gasteiger partial charge >= 0.3 is 5.97 Å². The first-order valence-electron chi connectivity index (χ1n) is 5.24. The van der Waals surface area contributed by atoms with Crippen molar-refractivity contribution in [2.24, 2.45) is 0 Å². The lowest BCUT2D eigenvalue weighted by molar-refractivity contribution is 0.0528. The second-order valence-electron chi connectivity index (χ2n) is 3.59. The van der Waals surface area contributed by atoms with Crippen LogP contribution in [0.3, 0.4) is 0 Å². The standard InChI is InChI=1S/C10H12BClO5S/c11-6-7-1-2-9(12)8(5-7)10(13)17-3-4-18(14,15)16/h1-2,5H,3-4,6,11H2,(H,14,15,16). The van der Waals surface area contributed by atoms with Gasteiger partial charge in [-0.3, -0.25) is 4.55 Å². The van der Waals surface area contributed by atoms with Crippen LogP contribution < -0.4 is 0 Å². The summed E-state index contributed by atoms with van der Waals surface area (Å²) in [5, 5.41) is 0.240. The maximum absolute atomic E-state index is 11.6. The van der Waals surface area contributed by atoms with Crippen molar-refractivity contribution in [3.8, 4) is 0 Å². The third kappa shape index (κ3) is 4.68. The summed E-state index contributed by atoms with van der Waals surface area (Å²) >= 11 is 5.85. The fraction of sp³-hybridized carbons (Fsp3) is 0.300. The largest absolute Gasteiger partial charge is 0.461 e. The van der Waals surface area contributed by atoms with Gasteiger partial charge in [0.05, 0.1) is 10.6 Å². The van der Waals surface area contributed by atoms with E-state index in [-0.39, 0.29) is 10.6 Å². The highest BCUT2D eigenvalue weighted by molar-refractivity contribution is 7.85. The van der Waals surface area contributed by atoms with Gasteiger partial charge in [0.1, 0.15) is 20.2 Å². The number of hydrogen-bond acceptors (Lipinski definition) is 4. The molecule has 1 aromatic carbocycles. The van der Waals surface area contributed by atoms with E-state index in [0.717, 1.165) is 11.9 Å². The highest BCUT2D eigenvalue weighted by Gasteiger charge is 2.14. The molecule has 0 bridgehead atoms. The lowest BCUT2D eigenvalue weighted by Gasteiger charge is -2.07. The van der Waals surface area contributed by atoms with Gasteiger partial charge in [0, 0.05) is 0 Å². The predicted molar refractivity (Wildman–Crippen MR) is 70.4 cm³/mol. The molecule has 1 N–H and O–H groups in total. The van der Waals surface area contributed by atoms with Crippen LogP contribution in [0.5, 0.6) is 0 Å². The van der Waals surface area contributed by atoms with Crippen LogP contribution in [0.15, 0.2) is 18.2 Å². The van der Waals surface area contributed by atoms with Gasteiger partial charge < -0.3 is 4.74 Å². The molecule has 1 aromatic rings. The Hall–Kier alpha value is -1.05. The van der Waals surface area contributed by atoms with E-state index in [2.05, 4.69) is 0 Å². The van der Waals surface area contributed by atoms with Crippen molar-refractivity contribution in [2.75, 3.05) is 12.4 Å². The van der Waals surface area contributed by atoms with E-state index in [1.54, 1.807) is 18.2 Å².